The normalized spacial score (nSPS) is 17.9. The first-order valence-corrected chi connectivity index (χ1v) is 13.2. The van der Waals surface area contributed by atoms with Crippen LogP contribution in [-0.2, 0) is 14.8 Å². The number of nitrogens with one attached hydrogen (secondary N) is 1. The maximum atomic E-state index is 13.0. The summed E-state index contributed by atoms with van der Waals surface area (Å²) in [6.07, 6.45) is 3.31. The third kappa shape index (κ3) is 4.25. The number of aryl methyl sites for hydroxylation is 1. The summed E-state index contributed by atoms with van der Waals surface area (Å²) in [6.45, 7) is 2.53. The molecule has 1 saturated heterocycles. The number of sulfonamides is 1. The van der Waals surface area contributed by atoms with Crippen molar-refractivity contribution in [2.24, 2.45) is 5.92 Å². The maximum absolute atomic E-state index is 13.0. The van der Waals surface area contributed by atoms with Gasteiger partial charge >= 0.3 is 0 Å². The molecule has 1 unspecified atom stereocenters. The zero-order chi connectivity index (χ0) is 21.3. The van der Waals surface area contributed by atoms with Gasteiger partial charge in [0.15, 0.2) is 5.13 Å². The van der Waals surface area contributed by atoms with Crippen LogP contribution in [0.15, 0.2) is 52.3 Å². The smallest absolute Gasteiger partial charge is 0.243 e. The molecule has 158 valence electrons. The minimum atomic E-state index is -3.61. The number of benzene rings is 2. The lowest BCUT2D eigenvalue weighted by molar-refractivity contribution is -0.120. The van der Waals surface area contributed by atoms with Crippen LogP contribution >= 0.6 is 23.1 Å². The molecule has 0 saturated carbocycles. The zero-order valence-corrected chi connectivity index (χ0v) is 19.2. The van der Waals surface area contributed by atoms with Gasteiger partial charge in [0, 0.05) is 18.0 Å². The van der Waals surface area contributed by atoms with Gasteiger partial charge in [-0.05, 0) is 50.3 Å². The molecule has 1 N–H and O–H groups in total. The Balaban J connectivity index is 1.49. The van der Waals surface area contributed by atoms with E-state index in [9.17, 15) is 13.2 Å². The third-order valence-electron chi connectivity index (χ3n) is 5.25. The third-order valence-corrected chi connectivity index (χ3v) is 8.83. The molecule has 2 aromatic carbocycles. The van der Waals surface area contributed by atoms with E-state index in [1.165, 1.54) is 15.6 Å². The lowest BCUT2D eigenvalue weighted by Gasteiger charge is -2.31. The van der Waals surface area contributed by atoms with E-state index < -0.39 is 15.9 Å². The first-order valence-electron chi connectivity index (χ1n) is 9.70. The summed E-state index contributed by atoms with van der Waals surface area (Å²) in [6, 6.07) is 12.8. The van der Waals surface area contributed by atoms with Crippen LogP contribution in [0.25, 0.3) is 10.2 Å². The SMILES string of the molecule is CSc1cccc2sc(NC(=O)C3CCCN(S(=O)(=O)c4ccc(C)cc4)C3)nc12. The fraction of sp³-hybridized carbons (Fsp3) is 0.333. The Bertz CT molecular complexity index is 1170. The first kappa shape index (κ1) is 21.3. The topological polar surface area (TPSA) is 79.4 Å². The Labute approximate surface area is 184 Å². The Morgan fingerprint density at radius 3 is 2.73 bits per heavy atom. The predicted octanol–water partition coefficient (Wildman–Crippen LogP) is 4.37. The number of thiazole rings is 1. The maximum Gasteiger partial charge on any atom is 0.243 e. The van der Waals surface area contributed by atoms with E-state index in [0.717, 1.165) is 20.7 Å². The van der Waals surface area contributed by atoms with Crippen molar-refractivity contribution in [3.8, 4) is 0 Å². The highest BCUT2D eigenvalue weighted by Crippen LogP contribution is 2.33. The number of hydrogen-bond acceptors (Lipinski definition) is 6. The summed E-state index contributed by atoms with van der Waals surface area (Å²) in [7, 11) is -3.61. The van der Waals surface area contributed by atoms with Gasteiger partial charge in [-0.25, -0.2) is 13.4 Å². The van der Waals surface area contributed by atoms with Crippen LogP contribution in [0.1, 0.15) is 18.4 Å². The fourth-order valence-corrected chi connectivity index (χ4v) is 6.63. The van der Waals surface area contributed by atoms with Crippen molar-refractivity contribution in [1.29, 1.82) is 0 Å². The number of fused-ring (bicyclic) bond motifs is 1. The molecule has 1 fully saturated rings. The lowest BCUT2D eigenvalue weighted by Crippen LogP contribution is -2.43. The van der Waals surface area contributed by atoms with E-state index in [2.05, 4.69) is 10.3 Å². The van der Waals surface area contributed by atoms with Crippen molar-refractivity contribution in [3.05, 3.63) is 48.0 Å². The average molecular weight is 462 g/mol. The Morgan fingerprint density at radius 1 is 1.23 bits per heavy atom. The highest BCUT2D eigenvalue weighted by molar-refractivity contribution is 7.98. The number of amides is 1. The second-order valence-corrected chi connectivity index (χ2v) is 11.1. The van der Waals surface area contributed by atoms with E-state index >= 15 is 0 Å². The molecule has 1 aliphatic heterocycles. The largest absolute Gasteiger partial charge is 0.302 e. The molecule has 2 heterocycles. The number of hydrogen-bond donors (Lipinski definition) is 1. The number of aromatic nitrogens is 1. The minimum absolute atomic E-state index is 0.177. The molecule has 6 nitrogen and oxygen atoms in total. The molecule has 9 heteroatoms. The van der Waals surface area contributed by atoms with E-state index in [0.29, 0.717) is 24.5 Å². The molecule has 1 aromatic heterocycles. The second-order valence-electron chi connectivity index (χ2n) is 7.33. The van der Waals surface area contributed by atoms with Crippen LogP contribution in [0, 0.1) is 12.8 Å². The fourth-order valence-electron chi connectivity index (χ4n) is 3.58. The highest BCUT2D eigenvalue weighted by Gasteiger charge is 2.33. The number of carbonyl (C=O) groups is 1. The van der Waals surface area contributed by atoms with Gasteiger partial charge in [0.05, 0.1) is 21.0 Å². The van der Waals surface area contributed by atoms with Crippen LogP contribution in [0.4, 0.5) is 5.13 Å². The van der Waals surface area contributed by atoms with Gasteiger partial charge in [0.1, 0.15) is 0 Å². The minimum Gasteiger partial charge on any atom is -0.302 e. The first-order chi connectivity index (χ1) is 14.4. The molecule has 4 rings (SSSR count). The summed E-state index contributed by atoms with van der Waals surface area (Å²) in [5.74, 6) is -0.574. The molecule has 1 atom stereocenters. The number of piperidine rings is 1. The summed E-state index contributed by atoms with van der Waals surface area (Å²) < 4.78 is 28.4. The quantitative estimate of drug-likeness (QED) is 0.571. The van der Waals surface area contributed by atoms with Crippen molar-refractivity contribution in [2.75, 3.05) is 24.7 Å². The molecule has 3 aromatic rings. The monoisotopic (exact) mass is 461 g/mol. The Kier molecular flexibility index (Phi) is 6.15. The summed E-state index contributed by atoms with van der Waals surface area (Å²) in [4.78, 5) is 18.8. The molecule has 1 amide bonds. The van der Waals surface area contributed by atoms with Gasteiger partial charge in [-0.3, -0.25) is 4.79 Å². The summed E-state index contributed by atoms with van der Waals surface area (Å²) in [5, 5.41) is 3.46. The second kappa shape index (κ2) is 8.66. The number of nitrogens with zero attached hydrogens (tertiary/aromatic N) is 2. The average Bonchev–Trinajstić information content (AvgIpc) is 3.16. The number of carbonyl (C=O) groups excluding carboxylic acids is 1. The standard InChI is InChI=1S/C21H23N3O3S3/c1-14-8-10-16(11-9-14)30(26,27)24-12-4-5-15(13-24)20(25)23-21-22-19-17(28-2)6-3-7-18(19)29-21/h3,6-11,15H,4-5,12-13H2,1-2H3,(H,22,23,25). The zero-order valence-electron chi connectivity index (χ0n) is 16.8. The molecule has 0 bridgehead atoms. The number of thioether (sulfide) groups is 1. The van der Waals surface area contributed by atoms with Gasteiger partial charge in [0.2, 0.25) is 15.9 Å². The molecule has 0 spiro atoms. The highest BCUT2D eigenvalue weighted by atomic mass is 32.2. The lowest BCUT2D eigenvalue weighted by atomic mass is 9.99. The van der Waals surface area contributed by atoms with Crippen LogP contribution in [-0.4, -0.2) is 43.0 Å². The van der Waals surface area contributed by atoms with Crippen LogP contribution < -0.4 is 5.32 Å². The molecular weight excluding hydrogens is 438 g/mol. The Morgan fingerprint density at radius 2 is 2.00 bits per heavy atom. The van der Waals surface area contributed by atoms with Crippen molar-refractivity contribution in [2.45, 2.75) is 29.6 Å². The molecule has 1 aliphatic rings. The number of para-hydroxylation sites is 1. The van der Waals surface area contributed by atoms with Gasteiger partial charge in [-0.15, -0.1) is 11.8 Å². The molecular formula is C21H23N3O3S3. The molecule has 0 aliphatic carbocycles. The van der Waals surface area contributed by atoms with Crippen molar-refractivity contribution < 1.29 is 13.2 Å². The molecule has 0 radical (unpaired) electrons. The van der Waals surface area contributed by atoms with Crippen molar-refractivity contribution in [3.63, 3.8) is 0 Å². The number of anilines is 1. The number of rotatable bonds is 5. The van der Waals surface area contributed by atoms with E-state index in [-0.39, 0.29) is 17.3 Å². The van der Waals surface area contributed by atoms with Crippen LogP contribution in [0.3, 0.4) is 0 Å². The Hall–Kier alpha value is -1.94. The van der Waals surface area contributed by atoms with Gasteiger partial charge in [-0.1, -0.05) is 35.1 Å². The van der Waals surface area contributed by atoms with Gasteiger partial charge in [-0.2, -0.15) is 4.31 Å². The van der Waals surface area contributed by atoms with Crippen molar-refractivity contribution >= 4 is 54.4 Å². The summed E-state index contributed by atoms with van der Waals surface area (Å²) >= 11 is 3.05. The van der Waals surface area contributed by atoms with E-state index in [1.807, 2.05) is 31.4 Å². The van der Waals surface area contributed by atoms with Gasteiger partial charge in [0.25, 0.3) is 0 Å². The van der Waals surface area contributed by atoms with Crippen molar-refractivity contribution in [1.82, 2.24) is 9.29 Å². The molecule has 30 heavy (non-hydrogen) atoms. The summed E-state index contributed by atoms with van der Waals surface area (Å²) in [5.41, 5.74) is 1.89. The van der Waals surface area contributed by atoms with Gasteiger partial charge < -0.3 is 5.32 Å². The van der Waals surface area contributed by atoms with Crippen LogP contribution in [0.5, 0.6) is 0 Å². The van der Waals surface area contributed by atoms with E-state index in [1.54, 1.807) is 36.0 Å². The van der Waals surface area contributed by atoms with E-state index in [4.69, 9.17) is 0 Å². The van der Waals surface area contributed by atoms with Crippen LogP contribution in [0.2, 0.25) is 0 Å². The predicted molar refractivity (Wildman–Crippen MR) is 123 cm³/mol.